The fourth-order valence-corrected chi connectivity index (χ4v) is 6.51. The van der Waals surface area contributed by atoms with Crippen molar-refractivity contribution in [3.8, 4) is 11.5 Å². The lowest BCUT2D eigenvalue weighted by Crippen LogP contribution is -2.40. The van der Waals surface area contributed by atoms with Gasteiger partial charge in [-0.05, 0) is 56.7 Å². The Morgan fingerprint density at radius 3 is 1.92 bits per heavy atom. The molecule has 36 heavy (non-hydrogen) atoms. The first-order valence-electron chi connectivity index (χ1n) is 11.3. The molecule has 0 bridgehead atoms. The van der Waals surface area contributed by atoms with Crippen LogP contribution in [0.4, 0.5) is 0 Å². The molecule has 0 saturated heterocycles. The summed E-state index contributed by atoms with van der Waals surface area (Å²) in [5, 5.41) is 0. The number of nitrogens with zero attached hydrogens (tertiary/aromatic N) is 1. The molecule has 3 aromatic carbocycles. The fraction of sp³-hybridized carbons (Fsp3) is 0.308. The molecule has 8 nitrogen and oxygen atoms in total. The molecule has 0 radical (unpaired) electrons. The molecule has 10 heteroatoms. The molecule has 0 heterocycles. The minimum atomic E-state index is -4.02. The van der Waals surface area contributed by atoms with Gasteiger partial charge in [-0.15, -0.1) is 0 Å². The van der Waals surface area contributed by atoms with Crippen molar-refractivity contribution in [3.05, 3.63) is 83.9 Å². The van der Waals surface area contributed by atoms with Gasteiger partial charge in [0.2, 0.25) is 20.0 Å². The van der Waals surface area contributed by atoms with Gasteiger partial charge in [-0.2, -0.15) is 4.31 Å². The molecule has 0 aliphatic rings. The lowest BCUT2D eigenvalue weighted by Gasteiger charge is -2.24. The zero-order chi connectivity index (χ0) is 26.6. The summed E-state index contributed by atoms with van der Waals surface area (Å²) in [6.45, 7) is 5.32. The normalized spacial score (nSPS) is 12.5. The van der Waals surface area contributed by atoms with Gasteiger partial charge in [0.25, 0.3) is 0 Å². The Bertz CT molecular complexity index is 1380. The molecule has 3 rings (SSSR count). The maximum absolute atomic E-state index is 13.8. The molecule has 0 spiro atoms. The zero-order valence-corrected chi connectivity index (χ0v) is 22.7. The Morgan fingerprint density at radius 1 is 0.750 bits per heavy atom. The molecule has 194 valence electrons. The predicted octanol–water partition coefficient (Wildman–Crippen LogP) is 4.17. The average molecular weight is 533 g/mol. The van der Waals surface area contributed by atoms with E-state index in [1.54, 1.807) is 39.0 Å². The number of hydrogen-bond acceptors (Lipinski definition) is 6. The van der Waals surface area contributed by atoms with Crippen LogP contribution in [0.25, 0.3) is 0 Å². The van der Waals surface area contributed by atoms with Gasteiger partial charge in [0.1, 0.15) is 0 Å². The molecular formula is C26H32N2O6S2. The van der Waals surface area contributed by atoms with Gasteiger partial charge in [-0.3, -0.25) is 0 Å². The van der Waals surface area contributed by atoms with Crippen molar-refractivity contribution in [1.82, 2.24) is 9.03 Å². The maximum atomic E-state index is 13.8. The third kappa shape index (κ3) is 6.64. The van der Waals surface area contributed by atoms with Gasteiger partial charge in [-0.1, -0.05) is 42.5 Å². The minimum absolute atomic E-state index is 0.0135. The van der Waals surface area contributed by atoms with Crippen LogP contribution in [0.15, 0.2) is 82.6 Å². The number of ether oxygens (including phenoxy) is 2. The summed E-state index contributed by atoms with van der Waals surface area (Å²) >= 11 is 0. The smallest absolute Gasteiger partial charge is 0.243 e. The first-order valence-corrected chi connectivity index (χ1v) is 14.2. The predicted molar refractivity (Wildman–Crippen MR) is 139 cm³/mol. The van der Waals surface area contributed by atoms with Gasteiger partial charge in [0, 0.05) is 24.2 Å². The summed E-state index contributed by atoms with van der Waals surface area (Å²) in [7, 11) is -4.80. The SMILES string of the molecule is COc1cccc(CN(Cc2ccccc2)S(=O)(=O)c2ccc(S(=O)(=O)NC(C)(C)C)cc2)c1OC. The Hall–Kier alpha value is -2.92. The van der Waals surface area contributed by atoms with E-state index in [-0.39, 0.29) is 22.9 Å². The first kappa shape index (κ1) is 27.7. The summed E-state index contributed by atoms with van der Waals surface area (Å²) in [6, 6.07) is 19.7. The van der Waals surface area contributed by atoms with Gasteiger partial charge in [0.15, 0.2) is 11.5 Å². The third-order valence-corrected chi connectivity index (χ3v) is 8.83. The topological polar surface area (TPSA) is 102 Å². The highest BCUT2D eigenvalue weighted by Crippen LogP contribution is 2.33. The van der Waals surface area contributed by atoms with E-state index in [9.17, 15) is 16.8 Å². The second-order valence-corrected chi connectivity index (χ2v) is 12.9. The number of methoxy groups -OCH3 is 2. The molecule has 0 aliphatic heterocycles. The van der Waals surface area contributed by atoms with Crippen molar-refractivity contribution in [1.29, 1.82) is 0 Å². The van der Waals surface area contributed by atoms with E-state index in [0.717, 1.165) is 5.56 Å². The van der Waals surface area contributed by atoms with E-state index in [0.29, 0.717) is 17.1 Å². The van der Waals surface area contributed by atoms with E-state index >= 15 is 0 Å². The van der Waals surface area contributed by atoms with Crippen LogP contribution in [0, 0.1) is 0 Å². The average Bonchev–Trinajstić information content (AvgIpc) is 2.82. The summed E-state index contributed by atoms with van der Waals surface area (Å²) in [4.78, 5) is -0.0320. The Kier molecular flexibility index (Phi) is 8.45. The van der Waals surface area contributed by atoms with Crippen molar-refractivity contribution < 1.29 is 26.3 Å². The molecule has 0 fully saturated rings. The molecule has 0 aromatic heterocycles. The molecule has 0 saturated carbocycles. The van der Waals surface area contributed by atoms with Gasteiger partial charge >= 0.3 is 0 Å². The van der Waals surface area contributed by atoms with Crippen LogP contribution in [-0.2, 0) is 33.1 Å². The standard InChI is InChI=1S/C26H32N2O6S2/c1-26(2,3)27-35(29,30)22-14-16-23(17-15-22)36(31,32)28(18-20-10-7-6-8-11-20)19-21-12-9-13-24(33-4)25(21)34-5/h6-17,27H,18-19H2,1-5H3. The molecule has 0 amide bonds. The van der Waals surface area contributed by atoms with Crippen molar-refractivity contribution >= 4 is 20.0 Å². The largest absolute Gasteiger partial charge is 0.493 e. The lowest BCUT2D eigenvalue weighted by molar-refractivity contribution is 0.341. The van der Waals surface area contributed by atoms with Crippen molar-refractivity contribution in [2.75, 3.05) is 14.2 Å². The van der Waals surface area contributed by atoms with Crippen LogP contribution in [0.1, 0.15) is 31.9 Å². The van der Waals surface area contributed by atoms with Crippen LogP contribution >= 0.6 is 0 Å². The van der Waals surface area contributed by atoms with Crippen LogP contribution in [0.2, 0.25) is 0 Å². The number of nitrogens with one attached hydrogen (secondary N) is 1. The Balaban J connectivity index is 2.01. The van der Waals surface area contributed by atoms with Crippen LogP contribution in [0.3, 0.4) is 0 Å². The van der Waals surface area contributed by atoms with Gasteiger partial charge in [-0.25, -0.2) is 21.6 Å². The number of para-hydroxylation sites is 1. The highest BCUT2D eigenvalue weighted by molar-refractivity contribution is 7.89. The van der Waals surface area contributed by atoms with Crippen molar-refractivity contribution in [3.63, 3.8) is 0 Å². The third-order valence-electron chi connectivity index (χ3n) is 5.25. The van der Waals surface area contributed by atoms with E-state index in [1.807, 2.05) is 30.3 Å². The van der Waals surface area contributed by atoms with Crippen molar-refractivity contribution in [2.24, 2.45) is 0 Å². The van der Waals surface area contributed by atoms with E-state index in [4.69, 9.17) is 9.47 Å². The number of sulfonamides is 2. The lowest BCUT2D eigenvalue weighted by atomic mass is 10.1. The maximum Gasteiger partial charge on any atom is 0.243 e. The van der Waals surface area contributed by atoms with E-state index in [2.05, 4.69) is 4.72 Å². The summed E-state index contributed by atoms with van der Waals surface area (Å²) in [5.41, 5.74) is 0.757. The Morgan fingerprint density at radius 2 is 1.36 bits per heavy atom. The quantitative estimate of drug-likeness (QED) is 0.421. The minimum Gasteiger partial charge on any atom is -0.493 e. The fourth-order valence-electron chi connectivity index (χ4n) is 3.68. The monoisotopic (exact) mass is 532 g/mol. The van der Waals surface area contributed by atoms with Gasteiger partial charge in [0.05, 0.1) is 24.0 Å². The molecule has 0 aliphatic carbocycles. The number of benzene rings is 3. The summed E-state index contributed by atoms with van der Waals surface area (Å²) < 4.78 is 67.6. The van der Waals surface area contributed by atoms with E-state index in [1.165, 1.54) is 42.8 Å². The molecule has 0 atom stereocenters. The molecular weight excluding hydrogens is 500 g/mol. The molecule has 3 aromatic rings. The van der Waals surface area contributed by atoms with E-state index < -0.39 is 25.6 Å². The summed E-state index contributed by atoms with van der Waals surface area (Å²) in [5.74, 6) is 0.941. The van der Waals surface area contributed by atoms with Crippen molar-refractivity contribution in [2.45, 2.75) is 49.2 Å². The number of hydrogen-bond donors (Lipinski definition) is 1. The molecule has 1 N–H and O–H groups in total. The number of rotatable bonds is 10. The summed E-state index contributed by atoms with van der Waals surface area (Å²) in [6.07, 6.45) is 0. The second-order valence-electron chi connectivity index (χ2n) is 9.24. The van der Waals surface area contributed by atoms with Crippen LogP contribution < -0.4 is 14.2 Å². The van der Waals surface area contributed by atoms with Gasteiger partial charge < -0.3 is 9.47 Å². The zero-order valence-electron chi connectivity index (χ0n) is 21.1. The first-order chi connectivity index (χ1) is 16.9. The van der Waals surface area contributed by atoms with Crippen LogP contribution in [-0.4, -0.2) is 40.9 Å². The highest BCUT2D eigenvalue weighted by Gasteiger charge is 2.28. The van der Waals surface area contributed by atoms with Crippen LogP contribution in [0.5, 0.6) is 11.5 Å². The second kappa shape index (κ2) is 11.0. The highest BCUT2D eigenvalue weighted by atomic mass is 32.2. The Labute approximate surface area is 214 Å². The molecule has 0 unspecified atom stereocenters.